The minimum absolute atomic E-state index is 0.0108. The van der Waals surface area contributed by atoms with Crippen LogP contribution < -0.4 is 10.2 Å². The quantitative estimate of drug-likeness (QED) is 0.842. The number of fused-ring (bicyclic) bond motifs is 3. The molecule has 0 saturated carbocycles. The molecule has 0 bridgehead atoms. The topological polar surface area (TPSA) is 111 Å². The molecular weight excluding hydrogens is 370 g/mol. The molecule has 1 atom stereocenters. The van der Waals surface area contributed by atoms with Crippen LogP contribution in [0.3, 0.4) is 0 Å². The third-order valence-corrected chi connectivity index (χ3v) is 5.76. The summed E-state index contributed by atoms with van der Waals surface area (Å²) in [5.74, 6) is -0.0391. The van der Waals surface area contributed by atoms with Crippen LogP contribution in [0.1, 0.15) is 29.9 Å². The lowest BCUT2D eigenvalue weighted by atomic mass is 9.85. The molecule has 148 valence electrons. The van der Waals surface area contributed by atoms with E-state index in [1.54, 1.807) is 0 Å². The summed E-state index contributed by atoms with van der Waals surface area (Å²) in [6, 6.07) is 8.56. The number of piperazine rings is 1. The van der Waals surface area contributed by atoms with Gasteiger partial charge in [0.1, 0.15) is 0 Å². The van der Waals surface area contributed by atoms with Crippen LogP contribution in [0.15, 0.2) is 27.6 Å². The standard InChI is InChI=1S/C20H21N7O2/c21-11-17-24-25-20(29-17)27-8-6-26(7-9-27)12-13-3-4-14-16(10-13)23-19(28)15-2-1-5-22-18(14)15/h3-4,10,15H,1-2,5-9,12H2,(H,23,28). The first-order chi connectivity index (χ1) is 14.2. The molecule has 9 heteroatoms. The minimum atomic E-state index is -0.0959. The highest BCUT2D eigenvalue weighted by Crippen LogP contribution is 2.32. The first-order valence-electron chi connectivity index (χ1n) is 9.90. The molecule has 0 radical (unpaired) electrons. The maximum atomic E-state index is 12.4. The van der Waals surface area contributed by atoms with Gasteiger partial charge in [0.2, 0.25) is 5.91 Å². The van der Waals surface area contributed by atoms with Crippen LogP contribution in [0, 0.1) is 17.2 Å². The van der Waals surface area contributed by atoms with E-state index in [2.05, 4.69) is 43.6 Å². The number of carbonyl (C=O) groups excluding carboxylic acids is 1. The van der Waals surface area contributed by atoms with Gasteiger partial charge in [0.25, 0.3) is 0 Å². The summed E-state index contributed by atoms with van der Waals surface area (Å²) in [5, 5.41) is 19.5. The van der Waals surface area contributed by atoms with Gasteiger partial charge < -0.3 is 14.6 Å². The Morgan fingerprint density at radius 1 is 1.24 bits per heavy atom. The molecule has 3 aliphatic heterocycles. The fraction of sp³-hybridized carbons (Fsp3) is 0.450. The lowest BCUT2D eigenvalue weighted by Crippen LogP contribution is -2.46. The molecule has 1 N–H and O–H groups in total. The van der Waals surface area contributed by atoms with Crippen molar-refractivity contribution in [2.24, 2.45) is 10.9 Å². The number of anilines is 2. The molecule has 3 aliphatic rings. The van der Waals surface area contributed by atoms with Gasteiger partial charge >= 0.3 is 11.9 Å². The zero-order valence-corrected chi connectivity index (χ0v) is 16.0. The monoisotopic (exact) mass is 391 g/mol. The van der Waals surface area contributed by atoms with Gasteiger partial charge in [0, 0.05) is 44.8 Å². The van der Waals surface area contributed by atoms with Crippen LogP contribution in [0.2, 0.25) is 0 Å². The van der Waals surface area contributed by atoms with Crippen molar-refractivity contribution in [3.05, 3.63) is 35.2 Å². The van der Waals surface area contributed by atoms with Crippen molar-refractivity contribution in [1.82, 2.24) is 15.1 Å². The normalized spacial score (nSPS) is 21.6. The van der Waals surface area contributed by atoms with Gasteiger partial charge in [-0.3, -0.25) is 14.7 Å². The molecule has 0 spiro atoms. The zero-order chi connectivity index (χ0) is 19.8. The summed E-state index contributed by atoms with van der Waals surface area (Å²) < 4.78 is 5.31. The predicted molar refractivity (Wildman–Crippen MR) is 106 cm³/mol. The molecule has 1 aromatic heterocycles. The second kappa shape index (κ2) is 7.29. The van der Waals surface area contributed by atoms with Crippen LogP contribution in [0.4, 0.5) is 11.7 Å². The maximum absolute atomic E-state index is 12.4. The number of hydrogen-bond acceptors (Lipinski definition) is 8. The molecule has 5 rings (SSSR count). The fourth-order valence-electron chi connectivity index (χ4n) is 4.25. The third kappa shape index (κ3) is 3.36. The average Bonchev–Trinajstić information content (AvgIpc) is 3.24. The van der Waals surface area contributed by atoms with Crippen LogP contribution >= 0.6 is 0 Å². The van der Waals surface area contributed by atoms with Crippen LogP contribution in [-0.2, 0) is 11.3 Å². The molecule has 9 nitrogen and oxygen atoms in total. The highest BCUT2D eigenvalue weighted by atomic mass is 16.4. The molecule has 2 aromatic rings. The van der Waals surface area contributed by atoms with Gasteiger partial charge in [-0.15, -0.1) is 0 Å². The molecule has 1 amide bonds. The number of amides is 1. The van der Waals surface area contributed by atoms with Crippen LogP contribution in [-0.4, -0.2) is 59.4 Å². The number of aliphatic imine (C=N–C) groups is 1. The Kier molecular flexibility index (Phi) is 4.48. The average molecular weight is 391 g/mol. The van der Waals surface area contributed by atoms with Gasteiger partial charge in [-0.25, -0.2) is 0 Å². The molecule has 0 aliphatic carbocycles. The lowest BCUT2D eigenvalue weighted by molar-refractivity contribution is -0.118. The van der Waals surface area contributed by atoms with Gasteiger partial charge in [-0.2, -0.15) is 5.26 Å². The van der Waals surface area contributed by atoms with Crippen molar-refractivity contribution in [1.29, 1.82) is 5.26 Å². The lowest BCUT2D eigenvalue weighted by Gasteiger charge is -2.34. The van der Waals surface area contributed by atoms with Gasteiger partial charge in [-0.1, -0.05) is 22.3 Å². The van der Waals surface area contributed by atoms with E-state index in [9.17, 15) is 4.79 Å². The highest BCUT2D eigenvalue weighted by molar-refractivity contribution is 6.23. The molecule has 1 fully saturated rings. The van der Waals surface area contributed by atoms with E-state index in [0.717, 1.165) is 74.6 Å². The number of rotatable bonds is 3. The second-order valence-electron chi connectivity index (χ2n) is 7.60. The smallest absolute Gasteiger partial charge is 0.322 e. The van der Waals surface area contributed by atoms with E-state index in [4.69, 9.17) is 9.68 Å². The number of hydrogen-bond donors (Lipinski definition) is 1. The molecule has 1 unspecified atom stereocenters. The Balaban J connectivity index is 1.25. The second-order valence-corrected chi connectivity index (χ2v) is 7.60. The van der Waals surface area contributed by atoms with E-state index in [-0.39, 0.29) is 17.7 Å². The summed E-state index contributed by atoms with van der Waals surface area (Å²) >= 11 is 0. The molecule has 1 aromatic carbocycles. The Morgan fingerprint density at radius 2 is 2.10 bits per heavy atom. The summed E-state index contributed by atoms with van der Waals surface area (Å²) in [6.45, 7) is 4.83. The number of aromatic nitrogens is 2. The number of benzene rings is 1. The summed E-state index contributed by atoms with van der Waals surface area (Å²) in [4.78, 5) is 21.4. The van der Waals surface area contributed by atoms with Gasteiger partial charge in [0.05, 0.1) is 17.3 Å². The van der Waals surface area contributed by atoms with E-state index in [1.165, 1.54) is 0 Å². The van der Waals surface area contributed by atoms with Crippen LogP contribution in [0.25, 0.3) is 0 Å². The van der Waals surface area contributed by atoms with Crippen molar-refractivity contribution in [3.63, 3.8) is 0 Å². The van der Waals surface area contributed by atoms with E-state index in [1.807, 2.05) is 11.0 Å². The number of nitrogens with one attached hydrogen (secondary N) is 1. The number of carbonyl (C=O) groups is 1. The third-order valence-electron chi connectivity index (χ3n) is 5.76. The summed E-state index contributed by atoms with van der Waals surface area (Å²) in [5.41, 5.74) is 4.05. The highest BCUT2D eigenvalue weighted by Gasteiger charge is 2.33. The van der Waals surface area contributed by atoms with Crippen molar-refractivity contribution < 1.29 is 9.21 Å². The summed E-state index contributed by atoms with van der Waals surface area (Å²) in [7, 11) is 0. The Bertz CT molecular complexity index is 1010. The van der Waals surface area contributed by atoms with E-state index < -0.39 is 0 Å². The molecule has 1 saturated heterocycles. The Hall–Kier alpha value is -3.25. The number of nitrogens with zero attached hydrogens (tertiary/aromatic N) is 6. The van der Waals surface area contributed by atoms with Crippen molar-refractivity contribution in [2.75, 3.05) is 42.9 Å². The first kappa shape index (κ1) is 17.8. The van der Waals surface area contributed by atoms with Crippen molar-refractivity contribution >= 4 is 23.3 Å². The number of nitriles is 1. The summed E-state index contributed by atoms with van der Waals surface area (Å²) in [6.07, 6.45) is 1.86. The molecule has 29 heavy (non-hydrogen) atoms. The SMILES string of the molecule is N#Cc1nnc(N2CCN(Cc3ccc4c(c3)NC(=O)C3CCCN=C43)CC2)o1. The largest absolute Gasteiger partial charge is 0.395 e. The zero-order valence-electron chi connectivity index (χ0n) is 16.0. The van der Waals surface area contributed by atoms with E-state index in [0.29, 0.717) is 6.01 Å². The van der Waals surface area contributed by atoms with Gasteiger partial charge in [0.15, 0.2) is 6.07 Å². The van der Waals surface area contributed by atoms with Crippen molar-refractivity contribution in [3.8, 4) is 6.07 Å². The maximum Gasteiger partial charge on any atom is 0.322 e. The molecular formula is C20H21N7O2. The van der Waals surface area contributed by atoms with E-state index >= 15 is 0 Å². The van der Waals surface area contributed by atoms with Crippen LogP contribution in [0.5, 0.6) is 0 Å². The van der Waals surface area contributed by atoms with Crippen molar-refractivity contribution in [2.45, 2.75) is 19.4 Å². The fourth-order valence-corrected chi connectivity index (χ4v) is 4.25. The molecule has 4 heterocycles. The minimum Gasteiger partial charge on any atom is -0.395 e. The predicted octanol–water partition coefficient (Wildman–Crippen LogP) is 1.41. The first-order valence-corrected chi connectivity index (χ1v) is 9.90. The Morgan fingerprint density at radius 3 is 2.90 bits per heavy atom. The Labute approximate surface area is 168 Å². The van der Waals surface area contributed by atoms with Gasteiger partial charge in [-0.05, 0) is 24.5 Å².